The summed E-state index contributed by atoms with van der Waals surface area (Å²) in [6.45, 7) is 0. The number of amides is 2. The number of benzene rings is 6. The van der Waals surface area contributed by atoms with Crippen molar-refractivity contribution < 1.29 is 38.9 Å². The van der Waals surface area contributed by atoms with Gasteiger partial charge in [0.2, 0.25) is 0 Å². The number of carboxylic acids is 2. The molecule has 0 saturated carbocycles. The van der Waals surface area contributed by atoms with Gasteiger partial charge in [0.05, 0.1) is 22.3 Å². The number of rotatable bonds is 11. The predicted molar refractivity (Wildman–Crippen MR) is 203 cm³/mol. The summed E-state index contributed by atoms with van der Waals surface area (Å²) in [7, 11) is 0. The molecule has 0 radical (unpaired) electrons. The monoisotopic (exact) mass is 712 g/mol. The average Bonchev–Trinajstić information content (AvgIpc) is 3.19. The molecule has 0 atom stereocenters. The third-order valence-electron chi connectivity index (χ3n) is 8.06. The number of terminal acetylenes is 2. The van der Waals surface area contributed by atoms with Crippen molar-refractivity contribution >= 4 is 35.1 Å². The molecule has 0 aliphatic carbocycles. The molecule has 10 nitrogen and oxygen atoms in total. The van der Waals surface area contributed by atoms with Crippen LogP contribution in [-0.4, -0.2) is 34.0 Å². The molecule has 6 aromatic rings. The number of ether oxygens (including phenoxy) is 2. The van der Waals surface area contributed by atoms with Crippen molar-refractivity contribution in [3.05, 3.63) is 167 Å². The summed E-state index contributed by atoms with van der Waals surface area (Å²) in [4.78, 5) is 48.9. The van der Waals surface area contributed by atoms with Crippen LogP contribution < -0.4 is 20.1 Å². The van der Waals surface area contributed by atoms with Crippen molar-refractivity contribution in [1.82, 2.24) is 0 Å². The first-order chi connectivity index (χ1) is 26.1. The molecule has 0 aromatic heterocycles. The number of aromatic carboxylic acids is 2. The second kappa shape index (κ2) is 15.9. The minimum Gasteiger partial charge on any atom is -0.478 e. The fourth-order valence-corrected chi connectivity index (χ4v) is 5.33. The minimum absolute atomic E-state index is 0.0414. The molecule has 6 rings (SSSR count). The molecule has 0 aliphatic rings. The summed E-state index contributed by atoms with van der Waals surface area (Å²) in [5.74, 6) is 3.37. The van der Waals surface area contributed by atoms with E-state index in [1.165, 1.54) is 36.4 Å². The standard InChI is InChI=1S/C44H28N2O8/c1-3-27-5-23-37(43(49)50)39(25-27)41(47)45-31-11-19-35(20-12-31)53-33-15-7-29(8-16-33)30-9-17-34(18-10-30)54-36-21-13-32(14-22-36)46-42(48)40-26-28(4-2)6-24-38(40)44(51)52/h1-2,5-26H,(H,45,47)(H,46,48)(H,49,50)(H,51,52). The van der Waals surface area contributed by atoms with Crippen molar-refractivity contribution in [3.8, 4) is 58.8 Å². The summed E-state index contributed by atoms with van der Waals surface area (Å²) < 4.78 is 11.9. The Morgan fingerprint density at radius 3 is 1.06 bits per heavy atom. The van der Waals surface area contributed by atoms with Crippen LogP contribution in [0.2, 0.25) is 0 Å². The van der Waals surface area contributed by atoms with E-state index in [0.717, 1.165) is 11.1 Å². The zero-order chi connectivity index (χ0) is 38.2. The van der Waals surface area contributed by atoms with Crippen LogP contribution in [0.15, 0.2) is 133 Å². The van der Waals surface area contributed by atoms with Gasteiger partial charge in [-0.2, -0.15) is 0 Å². The van der Waals surface area contributed by atoms with Crippen LogP contribution in [0.3, 0.4) is 0 Å². The Labute approximate surface area is 309 Å². The van der Waals surface area contributed by atoms with Crippen molar-refractivity contribution in [3.63, 3.8) is 0 Å². The van der Waals surface area contributed by atoms with E-state index in [-0.39, 0.29) is 22.3 Å². The van der Waals surface area contributed by atoms with E-state index in [1.807, 2.05) is 48.5 Å². The zero-order valence-electron chi connectivity index (χ0n) is 28.2. The highest BCUT2D eigenvalue weighted by Gasteiger charge is 2.19. The lowest BCUT2D eigenvalue weighted by atomic mass is 10.0. The van der Waals surface area contributed by atoms with E-state index in [4.69, 9.17) is 22.3 Å². The maximum Gasteiger partial charge on any atom is 0.336 e. The zero-order valence-corrected chi connectivity index (χ0v) is 28.2. The van der Waals surface area contributed by atoms with Crippen LogP contribution in [-0.2, 0) is 0 Å². The van der Waals surface area contributed by atoms with Crippen LogP contribution >= 0.6 is 0 Å². The largest absolute Gasteiger partial charge is 0.478 e. The minimum atomic E-state index is -1.24. The van der Waals surface area contributed by atoms with Crippen LogP contribution in [0.5, 0.6) is 23.0 Å². The van der Waals surface area contributed by atoms with E-state index in [2.05, 4.69) is 22.5 Å². The van der Waals surface area contributed by atoms with Crippen molar-refractivity contribution in [1.29, 1.82) is 0 Å². The molecule has 10 heteroatoms. The van der Waals surface area contributed by atoms with E-state index >= 15 is 0 Å². The van der Waals surface area contributed by atoms with Gasteiger partial charge in [0.15, 0.2) is 0 Å². The summed E-state index contributed by atoms with van der Waals surface area (Å²) in [6.07, 6.45) is 10.8. The Hall–Kier alpha value is -8.08. The Kier molecular flexibility index (Phi) is 10.5. The summed E-state index contributed by atoms with van der Waals surface area (Å²) in [5.41, 5.74) is 3.17. The lowest BCUT2D eigenvalue weighted by molar-refractivity contribution is 0.0683. The normalized spacial score (nSPS) is 10.3. The predicted octanol–water partition coefficient (Wildman–Crippen LogP) is 8.80. The molecular weight excluding hydrogens is 684 g/mol. The Bertz CT molecular complexity index is 2300. The van der Waals surface area contributed by atoms with E-state index in [0.29, 0.717) is 45.5 Å². The first-order valence-electron chi connectivity index (χ1n) is 16.2. The number of hydrogen-bond donors (Lipinski definition) is 4. The van der Waals surface area contributed by atoms with Gasteiger partial charge in [0.1, 0.15) is 23.0 Å². The van der Waals surface area contributed by atoms with Crippen molar-refractivity contribution in [2.75, 3.05) is 10.6 Å². The molecule has 0 spiro atoms. The number of nitrogens with one attached hydrogen (secondary N) is 2. The fourth-order valence-electron chi connectivity index (χ4n) is 5.33. The molecule has 0 saturated heterocycles. The maximum atomic E-state index is 12.8. The molecule has 0 heterocycles. The van der Waals surface area contributed by atoms with Gasteiger partial charge >= 0.3 is 11.9 Å². The van der Waals surface area contributed by atoms with E-state index < -0.39 is 23.8 Å². The van der Waals surface area contributed by atoms with Crippen molar-refractivity contribution in [2.45, 2.75) is 0 Å². The van der Waals surface area contributed by atoms with Gasteiger partial charge in [0, 0.05) is 22.5 Å². The second-order valence-corrected chi connectivity index (χ2v) is 11.6. The molecule has 0 unspecified atom stereocenters. The van der Waals surface area contributed by atoms with Gasteiger partial charge in [-0.05, 0) is 120 Å². The molecule has 262 valence electrons. The SMILES string of the molecule is C#Cc1ccc(C(=O)O)c(C(=O)Nc2ccc(Oc3ccc(-c4ccc(Oc5ccc(NC(=O)c6cc(C#C)ccc6C(=O)O)cc5)cc4)cc3)cc2)c1. The van der Waals surface area contributed by atoms with Gasteiger partial charge in [-0.1, -0.05) is 36.1 Å². The number of carbonyl (C=O) groups is 4. The number of carboxylic acid groups (broad SMARTS) is 2. The van der Waals surface area contributed by atoms with Gasteiger partial charge in [-0.25, -0.2) is 9.59 Å². The molecule has 0 bridgehead atoms. The highest BCUT2D eigenvalue weighted by molar-refractivity contribution is 6.11. The Morgan fingerprint density at radius 2 is 0.759 bits per heavy atom. The van der Waals surface area contributed by atoms with Crippen molar-refractivity contribution in [2.24, 2.45) is 0 Å². The second-order valence-electron chi connectivity index (χ2n) is 11.6. The van der Waals surface area contributed by atoms with Crippen LogP contribution in [0.1, 0.15) is 52.6 Å². The highest BCUT2D eigenvalue weighted by atomic mass is 16.5. The first kappa shape index (κ1) is 35.7. The first-order valence-corrected chi connectivity index (χ1v) is 16.2. The van der Waals surface area contributed by atoms with Crippen LogP contribution in [0, 0.1) is 24.7 Å². The topological polar surface area (TPSA) is 151 Å². The fraction of sp³-hybridized carbons (Fsp3) is 0. The van der Waals surface area contributed by atoms with Gasteiger partial charge < -0.3 is 30.3 Å². The molecule has 54 heavy (non-hydrogen) atoms. The Morgan fingerprint density at radius 1 is 0.444 bits per heavy atom. The summed E-state index contributed by atoms with van der Waals surface area (Å²) >= 11 is 0. The van der Waals surface area contributed by atoms with Gasteiger partial charge in [0.25, 0.3) is 11.8 Å². The lowest BCUT2D eigenvalue weighted by Gasteiger charge is -2.11. The van der Waals surface area contributed by atoms with Gasteiger partial charge in [-0.3, -0.25) is 9.59 Å². The number of hydrogen-bond acceptors (Lipinski definition) is 6. The van der Waals surface area contributed by atoms with Gasteiger partial charge in [-0.15, -0.1) is 12.8 Å². The van der Waals surface area contributed by atoms with E-state index in [1.54, 1.807) is 48.5 Å². The molecular formula is C44H28N2O8. The maximum absolute atomic E-state index is 12.8. The quantitative estimate of drug-likeness (QED) is 0.0974. The number of carbonyl (C=O) groups excluding carboxylic acids is 2. The van der Waals surface area contributed by atoms with Crippen LogP contribution in [0.25, 0.3) is 11.1 Å². The summed E-state index contributed by atoms with van der Waals surface area (Å²) in [6, 6.07) is 36.5. The third-order valence-corrected chi connectivity index (χ3v) is 8.06. The summed E-state index contributed by atoms with van der Waals surface area (Å²) in [5, 5.41) is 24.3. The van der Waals surface area contributed by atoms with Crippen LogP contribution in [0.4, 0.5) is 11.4 Å². The molecule has 0 aliphatic heterocycles. The molecule has 6 aromatic carbocycles. The van der Waals surface area contributed by atoms with E-state index in [9.17, 15) is 29.4 Å². The highest BCUT2D eigenvalue weighted by Crippen LogP contribution is 2.30. The number of anilines is 2. The smallest absolute Gasteiger partial charge is 0.336 e. The molecule has 2 amide bonds. The molecule has 4 N–H and O–H groups in total. The Balaban J connectivity index is 1.03. The molecule has 0 fully saturated rings. The lowest BCUT2D eigenvalue weighted by Crippen LogP contribution is -2.16. The average molecular weight is 713 g/mol. The third kappa shape index (κ3) is 8.44.